The average Bonchev–Trinajstić information content (AvgIpc) is 2.80. The van der Waals surface area contributed by atoms with E-state index in [1.54, 1.807) is 13.0 Å². The Morgan fingerprint density at radius 3 is 2.32 bits per heavy atom. The molecule has 0 aromatic heterocycles. The maximum absolute atomic E-state index is 10.9. The summed E-state index contributed by atoms with van der Waals surface area (Å²) in [6.07, 6.45) is 0. The van der Waals surface area contributed by atoms with Crippen LogP contribution in [0.15, 0.2) is 52.7 Å². The zero-order valence-corrected chi connectivity index (χ0v) is 18.4. The third kappa shape index (κ3) is 4.91. The molecule has 3 heterocycles. The van der Waals surface area contributed by atoms with Crippen LogP contribution in [0.5, 0.6) is 0 Å². The molecule has 2 aromatic rings. The first kappa shape index (κ1) is 21.4. The summed E-state index contributed by atoms with van der Waals surface area (Å²) < 4.78 is 1.27. The van der Waals surface area contributed by atoms with Gasteiger partial charge >= 0.3 is 0 Å². The van der Waals surface area contributed by atoms with E-state index in [-0.39, 0.29) is 5.69 Å². The van der Waals surface area contributed by atoms with Crippen LogP contribution in [0.1, 0.15) is 12.5 Å². The van der Waals surface area contributed by atoms with Gasteiger partial charge in [-0.3, -0.25) is 15.0 Å². The maximum atomic E-state index is 10.9. The Morgan fingerprint density at radius 2 is 1.74 bits per heavy atom. The molecule has 0 amide bonds. The van der Waals surface area contributed by atoms with E-state index in [4.69, 9.17) is 0 Å². The molecule has 2 bridgehead atoms. The van der Waals surface area contributed by atoms with Crippen molar-refractivity contribution < 1.29 is 9.41 Å². The Balaban J connectivity index is 1.38. The van der Waals surface area contributed by atoms with Gasteiger partial charge in [-0.25, -0.2) is 0 Å². The lowest BCUT2D eigenvalue weighted by Gasteiger charge is -2.51. The van der Waals surface area contributed by atoms with Crippen LogP contribution in [-0.2, 0) is 0 Å². The van der Waals surface area contributed by atoms with E-state index >= 15 is 0 Å². The van der Waals surface area contributed by atoms with Gasteiger partial charge in [-0.2, -0.15) is 10.2 Å². The van der Waals surface area contributed by atoms with Gasteiger partial charge in [0.25, 0.3) is 5.69 Å². The molecule has 0 unspecified atom stereocenters. The Kier molecular flexibility index (Phi) is 6.29. The summed E-state index contributed by atoms with van der Waals surface area (Å²) in [6.45, 7) is 14.9. The van der Waals surface area contributed by atoms with E-state index in [0.29, 0.717) is 5.69 Å². The molecule has 0 radical (unpaired) electrons. The summed E-state index contributed by atoms with van der Waals surface area (Å²) in [6, 6.07) is 12.8. The van der Waals surface area contributed by atoms with Gasteiger partial charge in [-0.05, 0) is 49.7 Å². The van der Waals surface area contributed by atoms with Crippen LogP contribution in [0.3, 0.4) is 0 Å². The number of hydrogen-bond donors (Lipinski definition) is 0. The highest BCUT2D eigenvalue weighted by Crippen LogP contribution is 2.27. The molecular formula is C23H31N6O2+. The SMILES string of the molecule is CCN(CC[N+]12CCN(CC1)CC2)c1ccc(N=Nc2ccc([N+](=O)[O-])cc2C)cc1. The molecule has 31 heavy (non-hydrogen) atoms. The molecule has 8 nitrogen and oxygen atoms in total. The molecule has 164 valence electrons. The quantitative estimate of drug-likeness (QED) is 0.275. The summed E-state index contributed by atoms with van der Waals surface area (Å²) >= 11 is 0. The number of rotatable bonds is 8. The number of azo groups is 1. The number of aryl methyl sites for hydroxylation is 1. The molecule has 0 aliphatic carbocycles. The van der Waals surface area contributed by atoms with Crippen molar-refractivity contribution in [3.05, 3.63) is 58.1 Å². The molecule has 0 spiro atoms. The first-order valence-corrected chi connectivity index (χ1v) is 11.1. The third-order valence-corrected chi connectivity index (χ3v) is 6.78. The molecular weight excluding hydrogens is 392 g/mol. The lowest BCUT2D eigenvalue weighted by Crippen LogP contribution is -2.68. The second kappa shape index (κ2) is 9.11. The monoisotopic (exact) mass is 423 g/mol. The minimum absolute atomic E-state index is 0.0670. The van der Waals surface area contributed by atoms with Gasteiger partial charge < -0.3 is 9.38 Å². The van der Waals surface area contributed by atoms with E-state index in [1.807, 2.05) is 12.1 Å². The summed E-state index contributed by atoms with van der Waals surface area (Å²) in [5, 5.41) is 19.5. The molecule has 0 saturated carbocycles. The van der Waals surface area contributed by atoms with Gasteiger partial charge in [0.1, 0.15) is 0 Å². The number of nitrogens with zero attached hydrogens (tertiary/aromatic N) is 6. The van der Waals surface area contributed by atoms with Crippen LogP contribution in [0, 0.1) is 17.0 Å². The van der Waals surface area contributed by atoms with Crippen molar-refractivity contribution in [3.63, 3.8) is 0 Å². The Labute approximate surface area is 183 Å². The predicted octanol–water partition coefficient (Wildman–Crippen LogP) is 4.29. The van der Waals surface area contributed by atoms with Gasteiger partial charge in [-0.15, -0.1) is 0 Å². The van der Waals surface area contributed by atoms with Crippen LogP contribution in [-0.4, -0.2) is 73.2 Å². The van der Waals surface area contributed by atoms with E-state index in [1.165, 1.54) is 68.1 Å². The molecule has 0 atom stereocenters. The fourth-order valence-electron chi connectivity index (χ4n) is 4.58. The van der Waals surface area contributed by atoms with Gasteiger partial charge in [-0.1, -0.05) is 0 Å². The number of nitro benzene ring substituents is 1. The van der Waals surface area contributed by atoms with Crippen LogP contribution in [0.2, 0.25) is 0 Å². The van der Waals surface area contributed by atoms with Crippen LogP contribution >= 0.6 is 0 Å². The van der Waals surface area contributed by atoms with E-state index in [2.05, 4.69) is 39.1 Å². The zero-order valence-electron chi connectivity index (χ0n) is 18.4. The number of quaternary nitrogens is 1. The highest BCUT2D eigenvalue weighted by atomic mass is 16.6. The average molecular weight is 424 g/mol. The highest BCUT2D eigenvalue weighted by molar-refractivity contribution is 5.54. The zero-order chi connectivity index (χ0) is 21.8. The number of hydrogen-bond acceptors (Lipinski definition) is 6. The second-order valence-corrected chi connectivity index (χ2v) is 8.60. The molecule has 3 aliphatic rings. The van der Waals surface area contributed by atoms with Crippen LogP contribution in [0.25, 0.3) is 0 Å². The summed E-state index contributed by atoms with van der Waals surface area (Å²) in [5.74, 6) is 0. The Hall–Kier alpha value is -2.84. The molecule has 2 aromatic carbocycles. The van der Waals surface area contributed by atoms with E-state index in [0.717, 1.165) is 24.3 Å². The smallest absolute Gasteiger partial charge is 0.269 e. The fourth-order valence-corrected chi connectivity index (χ4v) is 4.58. The number of benzene rings is 2. The van der Waals surface area contributed by atoms with Gasteiger partial charge in [0.2, 0.25) is 0 Å². The van der Waals surface area contributed by atoms with Gasteiger partial charge in [0.05, 0.1) is 49.0 Å². The van der Waals surface area contributed by atoms with Crippen molar-refractivity contribution in [1.29, 1.82) is 0 Å². The number of non-ortho nitro benzene ring substituents is 1. The molecule has 3 aliphatic heterocycles. The van der Waals surface area contributed by atoms with Gasteiger partial charge in [0.15, 0.2) is 0 Å². The Morgan fingerprint density at radius 1 is 1.06 bits per heavy atom. The molecule has 0 N–H and O–H groups in total. The predicted molar refractivity (Wildman–Crippen MR) is 123 cm³/mol. The van der Waals surface area contributed by atoms with Gasteiger partial charge in [0, 0.05) is 44.0 Å². The normalized spacial score (nSPS) is 22.7. The fraction of sp³-hybridized carbons (Fsp3) is 0.478. The van der Waals surface area contributed by atoms with Crippen LogP contribution in [0.4, 0.5) is 22.7 Å². The standard InChI is InChI=1S/C23H31N6O2/c1-3-27(13-17-29-14-10-26(11-15-29)12-16-29)21-6-4-20(5-7-21)24-25-23-9-8-22(28(30)31)18-19(23)2/h4-9,18H,3,10-17H2,1-2H3/q+1. The molecule has 3 fully saturated rings. The molecule has 5 rings (SSSR count). The first-order chi connectivity index (χ1) is 15.0. The maximum Gasteiger partial charge on any atom is 0.269 e. The van der Waals surface area contributed by atoms with Crippen molar-refractivity contribution in [2.75, 3.05) is 63.8 Å². The van der Waals surface area contributed by atoms with Crippen molar-refractivity contribution in [1.82, 2.24) is 4.90 Å². The van der Waals surface area contributed by atoms with E-state index in [9.17, 15) is 10.1 Å². The van der Waals surface area contributed by atoms with Crippen molar-refractivity contribution in [3.8, 4) is 0 Å². The molecule has 8 heteroatoms. The number of nitro groups is 1. The minimum atomic E-state index is -0.401. The lowest BCUT2D eigenvalue weighted by molar-refractivity contribution is -0.939. The largest absolute Gasteiger partial charge is 0.366 e. The minimum Gasteiger partial charge on any atom is -0.366 e. The second-order valence-electron chi connectivity index (χ2n) is 8.60. The summed E-state index contributed by atoms with van der Waals surface area (Å²) in [7, 11) is 0. The first-order valence-electron chi connectivity index (χ1n) is 11.1. The van der Waals surface area contributed by atoms with E-state index < -0.39 is 4.92 Å². The summed E-state index contributed by atoms with van der Waals surface area (Å²) in [4.78, 5) is 15.5. The van der Waals surface area contributed by atoms with Crippen molar-refractivity contribution in [2.45, 2.75) is 13.8 Å². The third-order valence-electron chi connectivity index (χ3n) is 6.78. The van der Waals surface area contributed by atoms with Crippen molar-refractivity contribution in [2.24, 2.45) is 10.2 Å². The highest BCUT2D eigenvalue weighted by Gasteiger charge is 2.38. The number of likely N-dealkylation sites (N-methyl/N-ethyl adjacent to an activating group) is 1. The van der Waals surface area contributed by atoms with Crippen molar-refractivity contribution >= 4 is 22.7 Å². The molecule has 3 saturated heterocycles. The lowest BCUT2D eigenvalue weighted by atomic mass is 10.1. The Bertz CT molecular complexity index is 937. The van der Waals surface area contributed by atoms with Crippen LogP contribution < -0.4 is 4.90 Å². The number of anilines is 1. The number of piperazine rings is 3. The topological polar surface area (TPSA) is 74.3 Å². The summed E-state index contributed by atoms with van der Waals surface area (Å²) in [5.41, 5.74) is 3.42. The number of fused-ring (bicyclic) bond motifs is 3.